The molecule has 0 aliphatic heterocycles. The summed E-state index contributed by atoms with van der Waals surface area (Å²) in [7, 11) is 0. The van der Waals surface area contributed by atoms with Gasteiger partial charge in [-0.1, -0.05) is 32.3 Å². The van der Waals surface area contributed by atoms with Crippen LogP contribution in [0.15, 0.2) is 36.3 Å². The third kappa shape index (κ3) is 4.59. The van der Waals surface area contributed by atoms with E-state index in [1.807, 2.05) is 12.2 Å². The lowest BCUT2D eigenvalue weighted by Crippen LogP contribution is -2.28. The molecule has 19 heavy (non-hydrogen) atoms. The van der Waals surface area contributed by atoms with Crippen molar-refractivity contribution in [3.05, 3.63) is 36.3 Å². The number of unbranched alkanes of at least 4 members (excludes halogenated alkanes) is 1. The molecule has 0 radical (unpaired) electrons. The van der Waals surface area contributed by atoms with Gasteiger partial charge in [0.1, 0.15) is 12.4 Å². The third-order valence-corrected chi connectivity index (χ3v) is 3.10. The Kier molecular flexibility index (Phi) is 7.02. The highest BCUT2D eigenvalue weighted by Crippen LogP contribution is 2.31. The van der Waals surface area contributed by atoms with Crippen LogP contribution in [0.25, 0.3) is 0 Å². The molecule has 0 amide bonds. The molecule has 1 rings (SSSR count). The van der Waals surface area contributed by atoms with Crippen LogP contribution in [0.2, 0.25) is 0 Å². The lowest BCUT2D eigenvalue weighted by molar-refractivity contribution is 0.0546. The van der Waals surface area contributed by atoms with Gasteiger partial charge in [-0.25, -0.2) is 0 Å². The van der Waals surface area contributed by atoms with Crippen LogP contribution in [-0.2, 0) is 9.47 Å². The van der Waals surface area contributed by atoms with Crippen molar-refractivity contribution in [2.24, 2.45) is 5.92 Å². The van der Waals surface area contributed by atoms with Crippen molar-refractivity contribution < 1.29 is 14.6 Å². The van der Waals surface area contributed by atoms with Gasteiger partial charge in [-0.15, -0.1) is 6.42 Å². The zero-order chi connectivity index (χ0) is 14.1. The molecular weight excluding hydrogens is 240 g/mol. The first-order valence-electron chi connectivity index (χ1n) is 6.62. The summed E-state index contributed by atoms with van der Waals surface area (Å²) in [6.07, 6.45) is 13.4. The minimum Gasteiger partial charge on any atom is -0.470 e. The fourth-order valence-electron chi connectivity index (χ4n) is 2.18. The summed E-state index contributed by atoms with van der Waals surface area (Å²) in [5.74, 6) is 3.39. The van der Waals surface area contributed by atoms with Crippen LogP contribution in [0, 0.1) is 18.3 Å². The van der Waals surface area contributed by atoms with Crippen LogP contribution in [0.3, 0.4) is 0 Å². The molecule has 0 saturated heterocycles. The van der Waals surface area contributed by atoms with Gasteiger partial charge in [-0.2, -0.15) is 0 Å². The Bertz CT molecular complexity index is 387. The predicted octanol–water partition coefficient (Wildman–Crippen LogP) is 2.79. The average Bonchev–Trinajstić information content (AvgIpc) is 2.43. The lowest BCUT2D eigenvalue weighted by Gasteiger charge is -2.29. The highest BCUT2D eigenvalue weighted by Gasteiger charge is 2.28. The molecule has 104 valence electrons. The number of rotatable bonds is 8. The van der Waals surface area contributed by atoms with Gasteiger partial charge < -0.3 is 14.6 Å². The monoisotopic (exact) mass is 262 g/mol. The van der Waals surface area contributed by atoms with Gasteiger partial charge in [0.2, 0.25) is 0 Å². The smallest absolute Gasteiger partial charge is 0.109 e. The quantitative estimate of drug-likeness (QED) is 0.540. The second-order valence-corrected chi connectivity index (χ2v) is 4.46. The first-order chi connectivity index (χ1) is 9.26. The minimum absolute atomic E-state index is 0.0413. The Morgan fingerprint density at radius 2 is 2.37 bits per heavy atom. The van der Waals surface area contributed by atoms with E-state index in [4.69, 9.17) is 15.9 Å². The van der Waals surface area contributed by atoms with Crippen LogP contribution >= 0.6 is 0 Å². The van der Waals surface area contributed by atoms with Crippen LogP contribution in [0.4, 0.5) is 0 Å². The molecule has 1 aliphatic carbocycles. The number of aliphatic hydroxyl groups is 1. The van der Waals surface area contributed by atoms with Gasteiger partial charge in [0.15, 0.2) is 0 Å². The van der Waals surface area contributed by atoms with Crippen LogP contribution in [-0.4, -0.2) is 24.4 Å². The van der Waals surface area contributed by atoms with E-state index >= 15 is 0 Å². The molecule has 1 N–H and O–H groups in total. The molecule has 0 spiro atoms. The van der Waals surface area contributed by atoms with E-state index in [-0.39, 0.29) is 25.2 Å². The van der Waals surface area contributed by atoms with Gasteiger partial charge >= 0.3 is 0 Å². The Labute approximate surface area is 115 Å². The van der Waals surface area contributed by atoms with Gasteiger partial charge in [0.25, 0.3) is 0 Å². The molecule has 0 aromatic heterocycles. The maximum atomic E-state index is 9.29. The zero-order valence-corrected chi connectivity index (χ0v) is 11.5. The number of hydrogen-bond acceptors (Lipinski definition) is 3. The summed E-state index contributed by atoms with van der Waals surface area (Å²) in [5, 5.41) is 9.29. The number of terminal acetylenes is 1. The van der Waals surface area contributed by atoms with Crippen molar-refractivity contribution in [3.8, 4) is 12.3 Å². The fraction of sp³-hybridized carbons (Fsp3) is 0.500. The van der Waals surface area contributed by atoms with Crippen molar-refractivity contribution in [2.45, 2.75) is 32.3 Å². The highest BCUT2D eigenvalue weighted by atomic mass is 16.5. The Balaban J connectivity index is 2.89. The van der Waals surface area contributed by atoms with E-state index in [1.54, 1.807) is 0 Å². The van der Waals surface area contributed by atoms with Gasteiger partial charge in [-0.05, 0) is 24.1 Å². The third-order valence-electron chi connectivity index (χ3n) is 3.10. The lowest BCUT2D eigenvalue weighted by atomic mass is 9.87. The Morgan fingerprint density at radius 1 is 1.58 bits per heavy atom. The number of ether oxygens (including phenoxy) is 2. The van der Waals surface area contributed by atoms with Crippen molar-refractivity contribution in [3.63, 3.8) is 0 Å². The second-order valence-electron chi connectivity index (χ2n) is 4.46. The molecule has 0 fully saturated rings. The standard InChI is InChI=1S/C16H22O3/c1-4-7-8-14-15(18-6-3)10-13(12-17)11-16(14)19-9-5-2/h2,6,10-11,14,16-17H,3-4,7-9,12H2,1H3. The van der Waals surface area contributed by atoms with Crippen molar-refractivity contribution in [1.82, 2.24) is 0 Å². The number of aliphatic hydroxyl groups excluding tert-OH is 1. The normalized spacial score (nSPS) is 22.2. The van der Waals surface area contributed by atoms with Crippen LogP contribution < -0.4 is 0 Å². The largest absolute Gasteiger partial charge is 0.470 e. The molecule has 0 heterocycles. The Hall–Kier alpha value is -1.50. The van der Waals surface area contributed by atoms with Crippen molar-refractivity contribution >= 4 is 0 Å². The van der Waals surface area contributed by atoms with E-state index in [9.17, 15) is 5.11 Å². The molecule has 0 aromatic carbocycles. The highest BCUT2D eigenvalue weighted by molar-refractivity contribution is 5.30. The molecule has 0 saturated carbocycles. The molecule has 1 aliphatic rings. The summed E-state index contributed by atoms with van der Waals surface area (Å²) < 4.78 is 11.1. The Morgan fingerprint density at radius 3 is 2.95 bits per heavy atom. The number of hydrogen-bond donors (Lipinski definition) is 1. The molecule has 2 unspecified atom stereocenters. The van der Waals surface area contributed by atoms with Crippen molar-refractivity contribution in [2.75, 3.05) is 13.2 Å². The van der Waals surface area contributed by atoms with Gasteiger partial charge in [0, 0.05) is 5.92 Å². The summed E-state index contributed by atoms with van der Waals surface area (Å²) >= 11 is 0. The second kappa shape index (κ2) is 8.58. The van der Waals surface area contributed by atoms with Gasteiger partial charge in [0.05, 0.1) is 19.0 Å². The summed E-state index contributed by atoms with van der Waals surface area (Å²) in [6.45, 7) is 5.95. The van der Waals surface area contributed by atoms with Crippen LogP contribution in [0.1, 0.15) is 26.2 Å². The molecular formula is C16H22O3. The molecule has 0 bridgehead atoms. The van der Waals surface area contributed by atoms with E-state index in [1.165, 1.54) is 6.26 Å². The maximum Gasteiger partial charge on any atom is 0.109 e. The topological polar surface area (TPSA) is 38.7 Å². The SMILES string of the molecule is C#CCOC1C=C(CO)C=C(OC=C)C1CCCC. The average molecular weight is 262 g/mol. The van der Waals surface area contributed by atoms with E-state index in [2.05, 4.69) is 19.4 Å². The molecule has 2 atom stereocenters. The molecule has 3 nitrogen and oxygen atoms in total. The van der Waals surface area contributed by atoms with Gasteiger partial charge in [-0.3, -0.25) is 0 Å². The zero-order valence-electron chi connectivity index (χ0n) is 11.5. The molecule has 0 aromatic rings. The van der Waals surface area contributed by atoms with Crippen LogP contribution in [0.5, 0.6) is 0 Å². The predicted molar refractivity (Wildman–Crippen MR) is 76.1 cm³/mol. The summed E-state index contributed by atoms with van der Waals surface area (Å²) in [6, 6.07) is 0. The van der Waals surface area contributed by atoms with E-state index in [0.29, 0.717) is 0 Å². The van der Waals surface area contributed by atoms with E-state index in [0.717, 1.165) is 30.6 Å². The first kappa shape index (κ1) is 15.6. The molecule has 3 heteroatoms. The maximum absolute atomic E-state index is 9.29. The van der Waals surface area contributed by atoms with E-state index < -0.39 is 0 Å². The van der Waals surface area contributed by atoms with Crippen molar-refractivity contribution in [1.29, 1.82) is 0 Å². The fourth-order valence-corrected chi connectivity index (χ4v) is 2.18. The summed E-state index contributed by atoms with van der Waals surface area (Å²) in [4.78, 5) is 0. The minimum atomic E-state index is -0.148. The first-order valence-corrected chi connectivity index (χ1v) is 6.62. The summed E-state index contributed by atoms with van der Waals surface area (Å²) in [5.41, 5.74) is 0.784.